The van der Waals surface area contributed by atoms with Gasteiger partial charge in [-0.15, -0.1) is 11.3 Å². The van der Waals surface area contributed by atoms with Gasteiger partial charge < -0.3 is 24.8 Å². The number of amides is 2. The van der Waals surface area contributed by atoms with Gasteiger partial charge in [0.25, 0.3) is 0 Å². The second kappa shape index (κ2) is 10.8. The molecule has 10 heteroatoms. The van der Waals surface area contributed by atoms with Gasteiger partial charge in [-0.1, -0.05) is 12.1 Å². The average molecular weight is 527 g/mol. The van der Waals surface area contributed by atoms with E-state index >= 15 is 0 Å². The summed E-state index contributed by atoms with van der Waals surface area (Å²) in [5, 5.41) is 5.53. The first-order valence-corrected chi connectivity index (χ1v) is 11.5. The first kappa shape index (κ1) is 25.7. The van der Waals surface area contributed by atoms with Crippen LogP contribution in [0, 0.1) is 0 Å². The first-order valence-electron chi connectivity index (χ1n) is 9.84. The molecule has 2 rings (SSSR count). The molecule has 0 saturated heterocycles. The molecule has 1 aromatic heterocycles. The molecule has 0 radical (unpaired) electrons. The molecule has 174 valence electrons. The standard InChI is InChI=1S/C22H27BrN2O6S/c1-12(2)24-21(28)25-14-9-7-8-13(10-14)18-16(23)17(19(32-18)20(27)29-6)30-11-15(26)31-22(3,4)5/h7-10,12H,11H2,1-6H3,(H2,24,25,28). The quantitative estimate of drug-likeness (QED) is 0.479. The molecule has 1 heterocycles. The van der Waals surface area contributed by atoms with Crippen LogP contribution in [0.4, 0.5) is 10.5 Å². The molecule has 0 saturated carbocycles. The van der Waals surface area contributed by atoms with Gasteiger partial charge in [-0.2, -0.15) is 0 Å². The zero-order chi connectivity index (χ0) is 24.1. The lowest BCUT2D eigenvalue weighted by atomic mass is 10.1. The lowest BCUT2D eigenvalue weighted by Crippen LogP contribution is -2.34. The molecule has 2 amide bonds. The summed E-state index contributed by atoms with van der Waals surface area (Å²) in [7, 11) is 1.27. The van der Waals surface area contributed by atoms with Crippen molar-refractivity contribution < 1.29 is 28.6 Å². The van der Waals surface area contributed by atoms with Crippen LogP contribution in [0.1, 0.15) is 44.3 Å². The fraction of sp³-hybridized carbons (Fsp3) is 0.409. The molecule has 2 N–H and O–H groups in total. The summed E-state index contributed by atoms with van der Waals surface area (Å²) in [4.78, 5) is 37.3. The molecule has 32 heavy (non-hydrogen) atoms. The van der Waals surface area contributed by atoms with Gasteiger partial charge in [0.1, 0.15) is 5.60 Å². The van der Waals surface area contributed by atoms with Crippen molar-refractivity contribution in [2.45, 2.75) is 46.3 Å². The number of carbonyl (C=O) groups is 3. The third-order valence-corrected chi connectivity index (χ3v) is 5.96. The van der Waals surface area contributed by atoms with Gasteiger partial charge >= 0.3 is 18.0 Å². The molecule has 0 fully saturated rings. The molecule has 2 aromatic rings. The fourth-order valence-electron chi connectivity index (χ4n) is 2.61. The highest BCUT2D eigenvalue weighted by Crippen LogP contribution is 2.46. The van der Waals surface area contributed by atoms with Crippen LogP contribution in [0.5, 0.6) is 5.75 Å². The van der Waals surface area contributed by atoms with Crippen molar-refractivity contribution >= 4 is 50.9 Å². The molecule has 0 aliphatic rings. The second-order valence-corrected chi connectivity index (χ2v) is 9.92. The van der Waals surface area contributed by atoms with Gasteiger partial charge in [0, 0.05) is 11.7 Å². The predicted octanol–water partition coefficient (Wildman–Crippen LogP) is 5.21. The van der Waals surface area contributed by atoms with E-state index in [0.29, 0.717) is 15.0 Å². The van der Waals surface area contributed by atoms with E-state index in [1.165, 1.54) is 7.11 Å². The van der Waals surface area contributed by atoms with Gasteiger partial charge in [0.2, 0.25) is 0 Å². The smallest absolute Gasteiger partial charge is 0.351 e. The van der Waals surface area contributed by atoms with Crippen LogP contribution < -0.4 is 15.4 Å². The molecule has 0 aliphatic heterocycles. The predicted molar refractivity (Wildman–Crippen MR) is 127 cm³/mol. The number of thiophene rings is 1. The highest BCUT2D eigenvalue weighted by atomic mass is 79.9. The summed E-state index contributed by atoms with van der Waals surface area (Å²) in [6.07, 6.45) is 0. The number of benzene rings is 1. The van der Waals surface area contributed by atoms with Crippen molar-refractivity contribution in [1.29, 1.82) is 0 Å². The number of esters is 2. The Morgan fingerprint density at radius 3 is 2.47 bits per heavy atom. The van der Waals surface area contributed by atoms with Crippen LogP contribution in [0.2, 0.25) is 0 Å². The summed E-state index contributed by atoms with van der Waals surface area (Å²) in [5.41, 5.74) is 0.663. The number of ether oxygens (including phenoxy) is 3. The average Bonchev–Trinajstić information content (AvgIpc) is 3.00. The summed E-state index contributed by atoms with van der Waals surface area (Å²) in [5.74, 6) is -0.958. The van der Waals surface area contributed by atoms with Gasteiger partial charge in [0.15, 0.2) is 17.2 Å². The Bertz CT molecular complexity index is 997. The molecule has 0 atom stereocenters. The van der Waals surface area contributed by atoms with E-state index in [4.69, 9.17) is 14.2 Å². The van der Waals surface area contributed by atoms with Crippen LogP contribution in [0.25, 0.3) is 10.4 Å². The highest BCUT2D eigenvalue weighted by molar-refractivity contribution is 9.10. The Hall–Kier alpha value is -2.59. The maximum absolute atomic E-state index is 12.3. The zero-order valence-electron chi connectivity index (χ0n) is 18.8. The van der Waals surface area contributed by atoms with Crippen LogP contribution in [-0.4, -0.2) is 43.3 Å². The Morgan fingerprint density at radius 2 is 1.88 bits per heavy atom. The largest absolute Gasteiger partial charge is 0.479 e. The third-order valence-electron chi connectivity index (χ3n) is 3.74. The Kier molecular flexibility index (Phi) is 8.68. The number of anilines is 1. The van der Waals surface area contributed by atoms with E-state index in [0.717, 1.165) is 16.9 Å². The Morgan fingerprint density at radius 1 is 1.19 bits per heavy atom. The number of hydrogen-bond donors (Lipinski definition) is 2. The number of nitrogens with one attached hydrogen (secondary N) is 2. The van der Waals surface area contributed by atoms with Gasteiger partial charge in [-0.25, -0.2) is 14.4 Å². The fourth-order valence-corrected chi connectivity index (χ4v) is 4.57. The van der Waals surface area contributed by atoms with Crippen LogP contribution in [0.3, 0.4) is 0 Å². The number of rotatable bonds is 7. The molecule has 0 aliphatic carbocycles. The Balaban J connectivity index is 2.33. The molecule has 0 unspecified atom stereocenters. The minimum atomic E-state index is -0.655. The zero-order valence-corrected chi connectivity index (χ0v) is 21.2. The topological polar surface area (TPSA) is 103 Å². The van der Waals surface area contributed by atoms with E-state index in [2.05, 4.69) is 26.6 Å². The van der Waals surface area contributed by atoms with Gasteiger partial charge in [0.05, 0.1) is 16.5 Å². The lowest BCUT2D eigenvalue weighted by molar-refractivity contribution is -0.157. The van der Waals surface area contributed by atoms with Crippen molar-refractivity contribution in [3.8, 4) is 16.2 Å². The molecular weight excluding hydrogens is 500 g/mol. The van der Waals surface area contributed by atoms with Crippen molar-refractivity contribution in [2.75, 3.05) is 19.0 Å². The summed E-state index contributed by atoms with van der Waals surface area (Å²) in [6.45, 7) is 8.63. The van der Waals surface area contributed by atoms with Crippen molar-refractivity contribution in [3.05, 3.63) is 33.6 Å². The van der Waals surface area contributed by atoms with Crippen LogP contribution in [-0.2, 0) is 14.3 Å². The van der Waals surface area contributed by atoms with E-state index < -0.39 is 17.5 Å². The van der Waals surface area contributed by atoms with Crippen LogP contribution in [0.15, 0.2) is 28.7 Å². The maximum atomic E-state index is 12.3. The number of carbonyl (C=O) groups excluding carboxylic acids is 3. The normalized spacial score (nSPS) is 11.1. The second-order valence-electron chi connectivity index (χ2n) is 8.10. The molecule has 1 aromatic carbocycles. The minimum absolute atomic E-state index is 0.00285. The number of urea groups is 1. The number of methoxy groups -OCH3 is 1. The van der Waals surface area contributed by atoms with E-state index in [9.17, 15) is 14.4 Å². The number of halogens is 1. The van der Waals surface area contributed by atoms with E-state index in [1.807, 2.05) is 19.9 Å². The van der Waals surface area contributed by atoms with E-state index in [1.54, 1.807) is 39.0 Å². The minimum Gasteiger partial charge on any atom is -0.479 e. The SMILES string of the molecule is COC(=O)c1sc(-c2cccc(NC(=O)NC(C)C)c2)c(Br)c1OCC(=O)OC(C)(C)C. The highest BCUT2D eigenvalue weighted by Gasteiger charge is 2.26. The van der Waals surface area contributed by atoms with Gasteiger partial charge in [-0.3, -0.25) is 0 Å². The summed E-state index contributed by atoms with van der Waals surface area (Å²) < 4.78 is 16.3. The van der Waals surface area contributed by atoms with Crippen molar-refractivity contribution in [1.82, 2.24) is 5.32 Å². The summed E-state index contributed by atoms with van der Waals surface area (Å²) in [6, 6.07) is 6.82. The molecule has 8 nitrogen and oxygen atoms in total. The maximum Gasteiger partial charge on any atom is 0.351 e. The molecular formula is C22H27BrN2O6S. The molecule has 0 bridgehead atoms. The first-order chi connectivity index (χ1) is 14.9. The Labute approximate surface area is 199 Å². The number of hydrogen-bond acceptors (Lipinski definition) is 7. The van der Waals surface area contributed by atoms with Crippen LogP contribution >= 0.6 is 27.3 Å². The van der Waals surface area contributed by atoms with Crippen molar-refractivity contribution in [3.63, 3.8) is 0 Å². The monoisotopic (exact) mass is 526 g/mol. The molecule has 0 spiro atoms. The van der Waals surface area contributed by atoms with Crippen molar-refractivity contribution in [2.24, 2.45) is 0 Å². The van der Waals surface area contributed by atoms with Gasteiger partial charge in [-0.05, 0) is 68.2 Å². The third kappa shape index (κ3) is 7.23. The lowest BCUT2D eigenvalue weighted by Gasteiger charge is -2.19. The summed E-state index contributed by atoms with van der Waals surface area (Å²) >= 11 is 4.63. The van der Waals surface area contributed by atoms with E-state index in [-0.39, 0.29) is 29.3 Å².